The Morgan fingerprint density at radius 3 is 3.10 bits per heavy atom. The molecule has 2 atom stereocenters. The summed E-state index contributed by atoms with van der Waals surface area (Å²) in [7, 11) is 0. The molecule has 0 spiro atoms. The van der Waals surface area contributed by atoms with E-state index in [1.807, 2.05) is 18.2 Å². The molecule has 3 rings (SSSR count). The van der Waals surface area contributed by atoms with Gasteiger partial charge in [-0.3, -0.25) is 4.90 Å². The van der Waals surface area contributed by atoms with Gasteiger partial charge in [0, 0.05) is 24.7 Å². The molecule has 2 aliphatic rings. The van der Waals surface area contributed by atoms with Gasteiger partial charge in [-0.05, 0) is 24.5 Å². The van der Waals surface area contributed by atoms with Crippen molar-refractivity contribution in [3.05, 3.63) is 35.4 Å². The number of morpholine rings is 1. The highest BCUT2D eigenvalue weighted by molar-refractivity contribution is 5.97. The first-order valence-electron chi connectivity index (χ1n) is 7.70. The summed E-state index contributed by atoms with van der Waals surface area (Å²) in [5.41, 5.74) is 7.64. The van der Waals surface area contributed by atoms with Gasteiger partial charge >= 0.3 is 0 Å². The molecule has 1 aromatic carbocycles. The van der Waals surface area contributed by atoms with E-state index < -0.39 is 0 Å². The van der Waals surface area contributed by atoms with Gasteiger partial charge < -0.3 is 15.7 Å². The maximum Gasteiger partial charge on any atom is 0.170 e. The van der Waals surface area contributed by atoms with Gasteiger partial charge in [-0.25, -0.2) is 0 Å². The summed E-state index contributed by atoms with van der Waals surface area (Å²) in [6.07, 6.45) is 5.40. The number of hydrogen-bond donors (Lipinski definition) is 2. The zero-order valence-corrected chi connectivity index (χ0v) is 12.2. The van der Waals surface area contributed by atoms with Gasteiger partial charge in [0.1, 0.15) is 0 Å². The average Bonchev–Trinajstić information content (AvgIpc) is 2.55. The molecule has 0 bridgehead atoms. The van der Waals surface area contributed by atoms with E-state index >= 15 is 0 Å². The zero-order valence-electron chi connectivity index (χ0n) is 12.2. The van der Waals surface area contributed by atoms with Crippen LogP contribution in [0.4, 0.5) is 0 Å². The van der Waals surface area contributed by atoms with E-state index in [1.165, 1.54) is 31.2 Å². The van der Waals surface area contributed by atoms with E-state index in [0.717, 1.165) is 25.3 Å². The Bertz CT molecular complexity index is 516. The summed E-state index contributed by atoms with van der Waals surface area (Å²) in [5, 5.41) is 11.9. The van der Waals surface area contributed by atoms with Crippen molar-refractivity contribution in [2.45, 2.75) is 44.4 Å². The smallest absolute Gasteiger partial charge is 0.170 e. The number of nitrogens with two attached hydrogens (primary N) is 1. The molecule has 2 fully saturated rings. The minimum Gasteiger partial charge on any atom is -0.409 e. The first-order chi connectivity index (χ1) is 10.3. The first-order valence-corrected chi connectivity index (χ1v) is 7.70. The molecule has 114 valence electrons. The van der Waals surface area contributed by atoms with Crippen molar-refractivity contribution in [1.82, 2.24) is 4.90 Å². The Morgan fingerprint density at radius 2 is 2.24 bits per heavy atom. The molecule has 5 nitrogen and oxygen atoms in total. The minimum atomic E-state index is 0.161. The normalized spacial score (nSPS) is 27.3. The van der Waals surface area contributed by atoms with Gasteiger partial charge in [0.25, 0.3) is 0 Å². The van der Waals surface area contributed by atoms with E-state index in [1.54, 1.807) is 0 Å². The van der Waals surface area contributed by atoms with Gasteiger partial charge in [-0.1, -0.05) is 36.2 Å². The monoisotopic (exact) mass is 289 g/mol. The summed E-state index contributed by atoms with van der Waals surface area (Å²) in [6, 6.07) is 8.46. The highest BCUT2D eigenvalue weighted by Gasteiger charge is 2.33. The molecule has 1 saturated carbocycles. The number of hydrogen-bond acceptors (Lipinski definition) is 4. The van der Waals surface area contributed by atoms with Crippen LogP contribution in [0, 0.1) is 0 Å². The lowest BCUT2D eigenvalue weighted by Crippen LogP contribution is -2.52. The van der Waals surface area contributed by atoms with Gasteiger partial charge in [-0.2, -0.15) is 0 Å². The van der Waals surface area contributed by atoms with Gasteiger partial charge in [0.2, 0.25) is 0 Å². The topological polar surface area (TPSA) is 71.1 Å². The Kier molecular flexibility index (Phi) is 4.41. The lowest BCUT2D eigenvalue weighted by molar-refractivity contribution is -0.0911. The van der Waals surface area contributed by atoms with Crippen LogP contribution in [0.2, 0.25) is 0 Å². The molecule has 1 aromatic rings. The number of amidine groups is 1. The summed E-state index contributed by atoms with van der Waals surface area (Å²) in [6.45, 7) is 2.70. The summed E-state index contributed by atoms with van der Waals surface area (Å²) < 4.78 is 5.92. The number of fused-ring (bicyclic) bond motifs is 1. The van der Waals surface area contributed by atoms with E-state index in [2.05, 4.69) is 16.1 Å². The van der Waals surface area contributed by atoms with Gasteiger partial charge in [0.15, 0.2) is 5.84 Å². The lowest BCUT2D eigenvalue weighted by atomic mass is 9.90. The van der Waals surface area contributed by atoms with Crippen molar-refractivity contribution in [3.63, 3.8) is 0 Å². The van der Waals surface area contributed by atoms with Crippen molar-refractivity contribution >= 4 is 5.84 Å². The largest absolute Gasteiger partial charge is 0.409 e. The molecule has 0 amide bonds. The number of oxime groups is 1. The number of nitrogens with zero attached hydrogens (tertiary/aromatic N) is 2. The van der Waals surface area contributed by atoms with E-state index in [9.17, 15) is 0 Å². The van der Waals surface area contributed by atoms with Crippen LogP contribution < -0.4 is 5.73 Å². The zero-order chi connectivity index (χ0) is 14.7. The number of rotatable bonds is 3. The predicted molar refractivity (Wildman–Crippen MR) is 81.4 cm³/mol. The average molecular weight is 289 g/mol. The molecule has 5 heteroatoms. The maximum absolute atomic E-state index is 8.79. The van der Waals surface area contributed by atoms with Crippen LogP contribution in [0.25, 0.3) is 0 Å². The van der Waals surface area contributed by atoms with E-state index in [4.69, 9.17) is 15.7 Å². The van der Waals surface area contributed by atoms with Crippen LogP contribution in [-0.4, -0.2) is 41.2 Å². The maximum atomic E-state index is 8.79. The second-order valence-electron chi connectivity index (χ2n) is 5.92. The fourth-order valence-corrected chi connectivity index (χ4v) is 3.49. The second kappa shape index (κ2) is 6.45. The third-order valence-electron chi connectivity index (χ3n) is 4.56. The predicted octanol–water partition coefficient (Wildman–Crippen LogP) is 1.92. The van der Waals surface area contributed by atoms with Crippen LogP contribution in [0.3, 0.4) is 0 Å². The van der Waals surface area contributed by atoms with Crippen LogP contribution in [0.5, 0.6) is 0 Å². The second-order valence-corrected chi connectivity index (χ2v) is 5.92. The minimum absolute atomic E-state index is 0.161. The molecular formula is C16H23N3O2. The first kappa shape index (κ1) is 14.4. The summed E-state index contributed by atoms with van der Waals surface area (Å²) in [4.78, 5) is 2.53. The highest BCUT2D eigenvalue weighted by Crippen LogP contribution is 2.29. The molecule has 0 radical (unpaired) electrons. The highest BCUT2D eigenvalue weighted by atomic mass is 16.5. The van der Waals surface area contributed by atoms with Crippen LogP contribution in [0.15, 0.2) is 29.4 Å². The van der Waals surface area contributed by atoms with E-state index in [0.29, 0.717) is 12.1 Å². The van der Waals surface area contributed by atoms with Crippen molar-refractivity contribution < 1.29 is 9.94 Å². The van der Waals surface area contributed by atoms with Crippen LogP contribution >= 0.6 is 0 Å². The Morgan fingerprint density at radius 1 is 1.38 bits per heavy atom. The fourth-order valence-electron chi connectivity index (χ4n) is 3.49. The molecule has 0 aromatic heterocycles. The third kappa shape index (κ3) is 3.19. The molecule has 1 aliphatic carbocycles. The Hall–Kier alpha value is -1.59. The van der Waals surface area contributed by atoms with Crippen molar-refractivity contribution in [2.75, 3.05) is 13.2 Å². The third-order valence-corrected chi connectivity index (χ3v) is 4.56. The lowest BCUT2D eigenvalue weighted by Gasteiger charge is -2.43. The van der Waals surface area contributed by atoms with Crippen molar-refractivity contribution in [3.8, 4) is 0 Å². The molecule has 1 aliphatic heterocycles. The van der Waals surface area contributed by atoms with Gasteiger partial charge in [0.05, 0.1) is 12.7 Å². The summed E-state index contributed by atoms with van der Waals surface area (Å²) in [5.74, 6) is 0.161. The number of benzene rings is 1. The molecule has 21 heavy (non-hydrogen) atoms. The fraction of sp³-hybridized carbons (Fsp3) is 0.562. The van der Waals surface area contributed by atoms with Crippen LogP contribution in [-0.2, 0) is 11.3 Å². The number of ether oxygens (including phenoxy) is 1. The molecule has 1 heterocycles. The van der Waals surface area contributed by atoms with Gasteiger partial charge in [-0.15, -0.1) is 0 Å². The Labute approximate surface area is 125 Å². The Balaban J connectivity index is 1.73. The quantitative estimate of drug-likeness (QED) is 0.386. The SMILES string of the molecule is NC(=NO)c1cccc(CN2CCOC3CCCCC32)c1. The van der Waals surface area contributed by atoms with Crippen molar-refractivity contribution in [2.24, 2.45) is 10.9 Å². The molecule has 1 saturated heterocycles. The standard InChI is InChI=1S/C16H23N3O2/c17-16(18-20)13-5-3-4-12(10-13)11-19-8-9-21-15-7-2-1-6-14(15)19/h3-5,10,14-15,20H,1-2,6-9,11H2,(H2,17,18). The van der Waals surface area contributed by atoms with Crippen molar-refractivity contribution in [1.29, 1.82) is 0 Å². The molecule has 3 N–H and O–H groups in total. The molecular weight excluding hydrogens is 266 g/mol. The van der Waals surface area contributed by atoms with Crippen LogP contribution in [0.1, 0.15) is 36.8 Å². The molecule has 2 unspecified atom stereocenters. The summed E-state index contributed by atoms with van der Waals surface area (Å²) >= 11 is 0. The van der Waals surface area contributed by atoms with E-state index in [-0.39, 0.29) is 5.84 Å².